The molecule has 2 rings (SSSR count). The molecule has 1 aliphatic heterocycles. The van der Waals surface area contributed by atoms with Gasteiger partial charge in [0, 0.05) is 0 Å². The van der Waals surface area contributed by atoms with Gasteiger partial charge in [-0.25, -0.2) is 9.59 Å². The lowest BCUT2D eigenvalue weighted by Gasteiger charge is -2.03. The number of carboxylic acids is 2. The van der Waals surface area contributed by atoms with Crippen LogP contribution in [0.5, 0.6) is 11.5 Å². The molecule has 2 N–H and O–H groups in total. The van der Waals surface area contributed by atoms with Crippen molar-refractivity contribution in [2.24, 2.45) is 0 Å². The minimum Gasteiger partial charge on any atom is -0.478 e. The van der Waals surface area contributed by atoms with Crippen LogP contribution in [-0.4, -0.2) is 28.9 Å². The van der Waals surface area contributed by atoms with Crippen LogP contribution >= 0.6 is 0 Å². The zero-order valence-electron chi connectivity index (χ0n) is 7.39. The van der Waals surface area contributed by atoms with E-state index in [2.05, 4.69) is 0 Å². The van der Waals surface area contributed by atoms with Crippen LogP contribution in [0, 0.1) is 0 Å². The minimum atomic E-state index is -1.19. The lowest BCUT2D eigenvalue weighted by atomic mass is 10.1. The predicted octanol–water partition coefficient (Wildman–Crippen LogP) is 0.812. The molecule has 1 heterocycles. The molecule has 0 saturated heterocycles. The smallest absolute Gasteiger partial charge is 0.339 e. The number of carbonyl (C=O) groups is 2. The molecule has 0 radical (unpaired) electrons. The first-order chi connectivity index (χ1) is 7.11. The molecule has 0 atom stereocenters. The van der Waals surface area contributed by atoms with E-state index in [1.165, 1.54) is 12.1 Å². The molecule has 6 heteroatoms. The molecule has 78 valence electrons. The quantitative estimate of drug-likeness (QED) is 0.750. The van der Waals surface area contributed by atoms with Crippen molar-refractivity contribution in [3.8, 4) is 11.5 Å². The molecule has 0 unspecified atom stereocenters. The minimum absolute atomic E-state index is 0.0256. The van der Waals surface area contributed by atoms with Gasteiger partial charge in [0.1, 0.15) is 11.1 Å². The van der Waals surface area contributed by atoms with Crippen molar-refractivity contribution in [2.75, 3.05) is 6.79 Å². The van der Waals surface area contributed by atoms with E-state index in [0.717, 1.165) is 0 Å². The highest BCUT2D eigenvalue weighted by atomic mass is 16.7. The van der Waals surface area contributed by atoms with Gasteiger partial charge < -0.3 is 19.7 Å². The number of carboxylic acid groups (broad SMARTS) is 2. The number of hydrogen-bond donors (Lipinski definition) is 2. The van der Waals surface area contributed by atoms with E-state index < -0.39 is 11.9 Å². The van der Waals surface area contributed by atoms with Gasteiger partial charge in [0.15, 0.2) is 11.5 Å². The molecule has 0 bridgehead atoms. The highest BCUT2D eigenvalue weighted by Gasteiger charge is 2.27. The fourth-order valence-corrected chi connectivity index (χ4v) is 1.33. The van der Waals surface area contributed by atoms with Crippen LogP contribution in [0.4, 0.5) is 0 Å². The Morgan fingerprint density at radius 2 is 1.40 bits per heavy atom. The summed E-state index contributed by atoms with van der Waals surface area (Å²) in [6.45, 7) is -0.167. The number of hydrogen-bond acceptors (Lipinski definition) is 4. The molecule has 0 aliphatic carbocycles. The van der Waals surface area contributed by atoms with Gasteiger partial charge in [0.25, 0.3) is 0 Å². The lowest BCUT2D eigenvalue weighted by molar-refractivity contribution is 0.0678. The van der Waals surface area contributed by atoms with Gasteiger partial charge in [-0.15, -0.1) is 0 Å². The summed E-state index contributed by atoms with van der Waals surface area (Å²) in [5.74, 6) is -2.42. The van der Waals surface area contributed by atoms with E-state index in [9.17, 15) is 9.59 Å². The van der Waals surface area contributed by atoms with E-state index in [-0.39, 0.29) is 29.4 Å². The zero-order chi connectivity index (χ0) is 11.0. The van der Waals surface area contributed by atoms with Gasteiger partial charge in [-0.05, 0) is 12.1 Å². The normalized spacial score (nSPS) is 12.5. The second-order valence-corrected chi connectivity index (χ2v) is 2.84. The van der Waals surface area contributed by atoms with Crippen LogP contribution in [0.3, 0.4) is 0 Å². The maximum Gasteiger partial charge on any atom is 0.339 e. The van der Waals surface area contributed by atoms with Gasteiger partial charge >= 0.3 is 11.9 Å². The Morgan fingerprint density at radius 1 is 1.00 bits per heavy atom. The van der Waals surface area contributed by atoms with Crippen LogP contribution in [0.25, 0.3) is 0 Å². The molecule has 0 spiro atoms. The number of ether oxygens (including phenoxy) is 2. The molecular formula is C9H6O6. The highest BCUT2D eigenvalue weighted by Crippen LogP contribution is 2.38. The third-order valence-corrected chi connectivity index (χ3v) is 1.98. The Hall–Kier alpha value is -2.24. The third kappa shape index (κ3) is 1.35. The zero-order valence-corrected chi connectivity index (χ0v) is 7.39. The summed E-state index contributed by atoms with van der Waals surface area (Å²) in [5.41, 5.74) is -0.208. The molecule has 1 aliphatic rings. The maximum atomic E-state index is 10.8. The summed E-state index contributed by atoms with van der Waals surface area (Å²) >= 11 is 0. The van der Waals surface area contributed by atoms with Crippen molar-refractivity contribution in [3.63, 3.8) is 0 Å². The second-order valence-electron chi connectivity index (χ2n) is 2.84. The van der Waals surface area contributed by atoms with Crippen molar-refractivity contribution in [3.05, 3.63) is 23.3 Å². The molecule has 0 amide bonds. The third-order valence-electron chi connectivity index (χ3n) is 1.98. The first kappa shape index (κ1) is 9.32. The molecular weight excluding hydrogens is 204 g/mol. The van der Waals surface area contributed by atoms with E-state index in [1.54, 1.807) is 0 Å². The van der Waals surface area contributed by atoms with Crippen molar-refractivity contribution >= 4 is 11.9 Å². The molecule has 15 heavy (non-hydrogen) atoms. The van der Waals surface area contributed by atoms with Crippen molar-refractivity contribution in [1.29, 1.82) is 0 Å². The van der Waals surface area contributed by atoms with Crippen LogP contribution < -0.4 is 9.47 Å². The van der Waals surface area contributed by atoms with Crippen LogP contribution in [0.15, 0.2) is 12.1 Å². The first-order valence-electron chi connectivity index (χ1n) is 4.00. The average molecular weight is 210 g/mol. The fraction of sp³-hybridized carbons (Fsp3) is 0.111. The fourth-order valence-electron chi connectivity index (χ4n) is 1.33. The summed E-state index contributed by atoms with van der Waals surface area (Å²) in [4.78, 5) is 21.5. The summed E-state index contributed by atoms with van der Waals surface area (Å²) in [7, 11) is 0. The molecule has 0 fully saturated rings. The molecule has 0 aromatic heterocycles. The number of aromatic carboxylic acids is 2. The summed E-state index contributed by atoms with van der Waals surface area (Å²) in [5, 5.41) is 17.6. The van der Waals surface area contributed by atoms with E-state index in [0.29, 0.717) is 0 Å². The van der Waals surface area contributed by atoms with Gasteiger partial charge in [-0.2, -0.15) is 0 Å². The summed E-state index contributed by atoms with van der Waals surface area (Å²) in [6, 6.07) is 2.36. The number of fused-ring (bicyclic) bond motifs is 1. The summed E-state index contributed by atoms with van der Waals surface area (Å²) in [6.07, 6.45) is 0. The Bertz CT molecular complexity index is 409. The predicted molar refractivity (Wildman–Crippen MR) is 46.5 cm³/mol. The van der Waals surface area contributed by atoms with Gasteiger partial charge in [0.05, 0.1) is 0 Å². The monoisotopic (exact) mass is 210 g/mol. The Kier molecular flexibility index (Phi) is 1.96. The topological polar surface area (TPSA) is 93.1 Å². The number of rotatable bonds is 2. The van der Waals surface area contributed by atoms with E-state index in [1.807, 2.05) is 0 Å². The SMILES string of the molecule is O=C(O)c1ccc(C(=O)O)c2c1OCO2. The largest absolute Gasteiger partial charge is 0.478 e. The van der Waals surface area contributed by atoms with Crippen LogP contribution in [0.2, 0.25) is 0 Å². The first-order valence-corrected chi connectivity index (χ1v) is 4.00. The molecule has 0 saturated carbocycles. The van der Waals surface area contributed by atoms with E-state index in [4.69, 9.17) is 19.7 Å². The highest BCUT2D eigenvalue weighted by molar-refractivity contribution is 5.98. The maximum absolute atomic E-state index is 10.8. The van der Waals surface area contributed by atoms with Crippen molar-refractivity contribution in [2.45, 2.75) is 0 Å². The van der Waals surface area contributed by atoms with Gasteiger partial charge in [-0.3, -0.25) is 0 Å². The van der Waals surface area contributed by atoms with Gasteiger partial charge in [0.2, 0.25) is 6.79 Å². The second kappa shape index (κ2) is 3.16. The van der Waals surface area contributed by atoms with Crippen LogP contribution in [0.1, 0.15) is 20.7 Å². The summed E-state index contributed by atoms with van der Waals surface area (Å²) < 4.78 is 9.83. The van der Waals surface area contributed by atoms with Crippen molar-refractivity contribution < 1.29 is 29.3 Å². The average Bonchev–Trinajstić information content (AvgIpc) is 2.63. The Labute approximate surface area is 83.7 Å². The molecule has 1 aromatic rings. The standard InChI is InChI=1S/C9H6O6/c10-8(11)4-1-2-5(9(12)13)7-6(4)14-3-15-7/h1-2H,3H2,(H,10,11)(H,12,13). The lowest BCUT2D eigenvalue weighted by Crippen LogP contribution is -2.02. The number of benzene rings is 1. The molecule has 1 aromatic carbocycles. The Balaban J connectivity index is 2.64. The van der Waals surface area contributed by atoms with Crippen molar-refractivity contribution in [1.82, 2.24) is 0 Å². The van der Waals surface area contributed by atoms with E-state index >= 15 is 0 Å². The van der Waals surface area contributed by atoms with Crippen LogP contribution in [-0.2, 0) is 0 Å². The Morgan fingerprint density at radius 3 is 1.73 bits per heavy atom. The van der Waals surface area contributed by atoms with Gasteiger partial charge in [-0.1, -0.05) is 0 Å². The molecule has 6 nitrogen and oxygen atoms in total.